The maximum Gasteiger partial charge on any atom is 0.416 e. The molecule has 5 aliphatic rings. The number of fused-ring (bicyclic) bond motifs is 5. The first kappa shape index (κ1) is 32.5. The topological polar surface area (TPSA) is 104 Å². The molecular formula is C32H22Cl2F6N2O6. The fourth-order valence-corrected chi connectivity index (χ4v) is 8.91. The number of phenols is 1. The van der Waals surface area contributed by atoms with Gasteiger partial charge in [0.15, 0.2) is 9.75 Å². The van der Waals surface area contributed by atoms with E-state index in [1.165, 1.54) is 31.5 Å². The van der Waals surface area contributed by atoms with Gasteiger partial charge in [-0.05, 0) is 60.7 Å². The van der Waals surface area contributed by atoms with Gasteiger partial charge < -0.3 is 9.84 Å². The van der Waals surface area contributed by atoms with Crippen molar-refractivity contribution < 1.29 is 55.4 Å². The summed E-state index contributed by atoms with van der Waals surface area (Å²) >= 11 is 14.2. The van der Waals surface area contributed by atoms with Crippen LogP contribution >= 0.6 is 23.2 Å². The van der Waals surface area contributed by atoms with Gasteiger partial charge in [0, 0.05) is 24.9 Å². The van der Waals surface area contributed by atoms with Gasteiger partial charge in [0.1, 0.15) is 11.5 Å². The molecule has 2 saturated heterocycles. The zero-order valence-corrected chi connectivity index (χ0v) is 26.0. The van der Waals surface area contributed by atoms with Crippen LogP contribution in [0.15, 0.2) is 59.9 Å². The second-order valence-corrected chi connectivity index (χ2v) is 13.8. The van der Waals surface area contributed by atoms with Crippen molar-refractivity contribution in [3.63, 3.8) is 0 Å². The number of alkyl halides is 8. The summed E-state index contributed by atoms with van der Waals surface area (Å²) in [6.45, 7) is 0. The van der Waals surface area contributed by atoms with Gasteiger partial charge in [0.05, 0.1) is 34.9 Å². The van der Waals surface area contributed by atoms with E-state index in [-0.39, 0.29) is 24.7 Å². The molecule has 0 radical (unpaired) electrons. The van der Waals surface area contributed by atoms with Gasteiger partial charge in [0.25, 0.3) is 11.8 Å². The fraction of sp³-hybridized carbons (Fsp3) is 0.375. The first-order chi connectivity index (χ1) is 22.3. The maximum absolute atomic E-state index is 14.1. The molecular weight excluding hydrogens is 693 g/mol. The number of aromatic hydroxyl groups is 1. The van der Waals surface area contributed by atoms with Crippen molar-refractivity contribution in [2.45, 2.75) is 41.4 Å². The normalized spacial score (nSPS) is 31.5. The number of allylic oxidation sites excluding steroid dienone is 3. The lowest BCUT2D eigenvalue weighted by atomic mass is 9.56. The number of nitrogens with zero attached hydrogens (tertiary/aromatic N) is 2. The quantitative estimate of drug-likeness (QED) is 0.178. The molecule has 3 aliphatic heterocycles. The third-order valence-corrected chi connectivity index (χ3v) is 11.4. The predicted octanol–water partition coefficient (Wildman–Crippen LogP) is 5.97. The van der Waals surface area contributed by atoms with Crippen molar-refractivity contribution in [2.75, 3.05) is 11.9 Å². The van der Waals surface area contributed by atoms with Crippen LogP contribution in [0, 0.1) is 23.7 Å². The third-order valence-electron chi connectivity index (χ3n) is 9.99. The van der Waals surface area contributed by atoms with Crippen molar-refractivity contribution in [1.29, 1.82) is 0 Å². The molecule has 1 saturated carbocycles. The highest BCUT2D eigenvalue weighted by Crippen LogP contribution is 2.64. The Bertz CT molecular complexity index is 1880. The number of imide groups is 2. The SMILES string of the molecule is CN1C(=O)C2(Cl)CC3C(=CCC4C(=O)N(c5cc(C(F)(F)F)cc(C(F)(F)F)c5)C(=O)C43)C(C3=COc4ccc(O)cc4C3)C2(Cl)C1=O. The Morgan fingerprint density at radius 3 is 2.17 bits per heavy atom. The summed E-state index contributed by atoms with van der Waals surface area (Å²) in [5, 5.41) is 10.1. The summed E-state index contributed by atoms with van der Waals surface area (Å²) in [5.74, 6) is -8.39. The van der Waals surface area contributed by atoms with E-state index in [1.54, 1.807) is 6.08 Å². The van der Waals surface area contributed by atoms with Crippen LogP contribution in [-0.4, -0.2) is 50.4 Å². The van der Waals surface area contributed by atoms with E-state index in [1.807, 2.05) is 0 Å². The van der Waals surface area contributed by atoms with Gasteiger partial charge in [-0.15, -0.1) is 23.2 Å². The molecule has 4 amide bonds. The van der Waals surface area contributed by atoms with Gasteiger partial charge in [-0.25, -0.2) is 4.90 Å². The van der Waals surface area contributed by atoms with Crippen LogP contribution in [0.2, 0.25) is 0 Å². The zero-order chi connectivity index (χ0) is 34.9. The van der Waals surface area contributed by atoms with Crippen LogP contribution in [0.3, 0.4) is 0 Å². The third kappa shape index (κ3) is 4.37. The van der Waals surface area contributed by atoms with Crippen LogP contribution in [0.5, 0.6) is 11.5 Å². The van der Waals surface area contributed by atoms with Crippen LogP contribution in [0.4, 0.5) is 32.0 Å². The summed E-state index contributed by atoms with van der Waals surface area (Å²) in [4.78, 5) is 52.0. The summed E-state index contributed by atoms with van der Waals surface area (Å²) in [6.07, 6.45) is -8.14. The number of rotatable bonds is 2. The number of halogens is 8. The van der Waals surface area contributed by atoms with Gasteiger partial charge in [-0.2, -0.15) is 26.3 Å². The van der Waals surface area contributed by atoms with E-state index < -0.39 is 92.6 Å². The van der Waals surface area contributed by atoms with Crippen LogP contribution in [0.1, 0.15) is 29.5 Å². The molecule has 3 fully saturated rings. The highest BCUT2D eigenvalue weighted by molar-refractivity contribution is 6.53. The number of benzene rings is 2. The van der Waals surface area contributed by atoms with Crippen LogP contribution < -0.4 is 9.64 Å². The summed E-state index contributed by atoms with van der Waals surface area (Å²) in [5.41, 5.74) is -3.13. The van der Waals surface area contributed by atoms with Gasteiger partial charge in [-0.1, -0.05) is 11.6 Å². The van der Waals surface area contributed by atoms with Crippen molar-refractivity contribution in [3.8, 4) is 11.5 Å². The highest BCUT2D eigenvalue weighted by atomic mass is 35.5. The largest absolute Gasteiger partial charge is 0.508 e. The van der Waals surface area contributed by atoms with E-state index in [0.717, 1.165) is 4.90 Å². The molecule has 252 valence electrons. The Hall–Kier alpha value is -4.04. The van der Waals surface area contributed by atoms with Crippen molar-refractivity contribution in [2.24, 2.45) is 23.7 Å². The molecule has 1 N–H and O–H groups in total. The Labute approximate surface area is 277 Å². The molecule has 0 spiro atoms. The summed E-state index contributed by atoms with van der Waals surface area (Å²) < 4.78 is 87.9. The number of hydrogen-bond acceptors (Lipinski definition) is 6. The lowest BCUT2D eigenvalue weighted by Crippen LogP contribution is -2.61. The van der Waals surface area contributed by atoms with Crippen molar-refractivity contribution in [1.82, 2.24) is 4.90 Å². The predicted molar refractivity (Wildman–Crippen MR) is 156 cm³/mol. The Morgan fingerprint density at radius 1 is 0.896 bits per heavy atom. The van der Waals surface area contributed by atoms with Crippen molar-refractivity contribution >= 4 is 52.5 Å². The molecule has 0 bridgehead atoms. The van der Waals surface area contributed by atoms with Gasteiger partial charge in [0.2, 0.25) is 11.8 Å². The zero-order valence-electron chi connectivity index (χ0n) is 24.5. The molecule has 8 nitrogen and oxygen atoms in total. The molecule has 7 rings (SSSR count). The molecule has 2 aromatic rings. The monoisotopic (exact) mass is 714 g/mol. The lowest BCUT2D eigenvalue weighted by Gasteiger charge is -2.51. The Morgan fingerprint density at radius 2 is 1.54 bits per heavy atom. The van der Waals surface area contributed by atoms with E-state index in [2.05, 4.69) is 0 Å². The van der Waals surface area contributed by atoms with Gasteiger partial charge >= 0.3 is 12.4 Å². The van der Waals surface area contributed by atoms with Crippen LogP contribution in [-0.2, 0) is 38.0 Å². The number of amides is 4. The molecule has 16 heteroatoms. The molecule has 6 unspecified atom stereocenters. The first-order valence-corrected chi connectivity index (χ1v) is 15.3. The first-order valence-electron chi connectivity index (χ1n) is 14.5. The molecule has 3 heterocycles. The van der Waals surface area contributed by atoms with E-state index in [4.69, 9.17) is 27.9 Å². The standard InChI is InChI=1S/C32H22Cl2F6N2O6/c1-41-27(46)29(33)11-21-19(24(30(29,34)28(41)47)14-6-13-7-18(43)2-5-22(13)48-12-14)3-4-20-23(21)26(45)42(25(20)44)17-9-15(31(35,36)37)8-16(10-17)32(38,39)40/h2-3,5,7-10,12,20-21,23-24,43H,4,6,11H2,1H3. The summed E-state index contributed by atoms with van der Waals surface area (Å²) in [6, 6.07) is 4.84. The minimum absolute atomic E-state index is 0.0582. The highest BCUT2D eigenvalue weighted by Gasteiger charge is 2.76. The number of anilines is 1. The van der Waals surface area contributed by atoms with E-state index in [9.17, 15) is 50.6 Å². The second kappa shape index (κ2) is 10.2. The number of carbonyl (C=O) groups excluding carboxylic acids is 4. The van der Waals surface area contributed by atoms with Crippen LogP contribution in [0.25, 0.3) is 0 Å². The minimum Gasteiger partial charge on any atom is -0.508 e. The smallest absolute Gasteiger partial charge is 0.416 e. The minimum atomic E-state index is -5.23. The molecule has 48 heavy (non-hydrogen) atoms. The van der Waals surface area contributed by atoms with Gasteiger partial charge in [-0.3, -0.25) is 24.1 Å². The maximum atomic E-state index is 14.1. The Kier molecular flexibility index (Phi) is 6.93. The van der Waals surface area contributed by atoms with E-state index in [0.29, 0.717) is 39.5 Å². The van der Waals surface area contributed by atoms with Crippen molar-refractivity contribution in [3.05, 3.63) is 76.6 Å². The molecule has 2 aromatic carbocycles. The second-order valence-electron chi connectivity index (χ2n) is 12.6. The molecule has 0 aromatic heterocycles. The fourth-order valence-electron chi connectivity index (χ4n) is 7.88. The number of ether oxygens (including phenoxy) is 1. The number of hydrogen-bond donors (Lipinski definition) is 1. The lowest BCUT2D eigenvalue weighted by molar-refractivity contribution is -0.143. The summed E-state index contributed by atoms with van der Waals surface area (Å²) in [7, 11) is 1.19. The Balaban J connectivity index is 1.35. The average molecular weight is 715 g/mol. The molecule has 6 atom stereocenters. The molecule has 2 aliphatic carbocycles. The number of carbonyl (C=O) groups is 4. The average Bonchev–Trinajstić information content (AvgIpc) is 3.34. The number of phenolic OH excluding ortho intramolecular Hbond substituents is 1. The van der Waals surface area contributed by atoms with E-state index >= 15 is 0 Å². The number of likely N-dealkylation sites (tertiary alicyclic amines) is 1.